The highest BCUT2D eigenvalue weighted by Crippen LogP contribution is 2.33. The molecule has 10 nitrogen and oxygen atoms in total. The lowest BCUT2D eigenvalue weighted by atomic mass is 10.1. The second kappa shape index (κ2) is 10.1. The minimum Gasteiger partial charge on any atom is -0.744 e. The van der Waals surface area contributed by atoms with Crippen molar-refractivity contribution in [3.05, 3.63) is 101 Å². The zero-order valence-corrected chi connectivity index (χ0v) is 21.6. The zero-order valence-electron chi connectivity index (χ0n) is 20.0. The SMILES string of the molecule is O=C(Nc1ccc2cc(S(=O)(=O)[O-])cc(O)c2c1)c1ccc(NC2=C(Cl)C(=O)N(c3ccccc3F)C2=O)cc1. The van der Waals surface area contributed by atoms with Gasteiger partial charge in [-0.05, 0) is 66.0 Å². The fourth-order valence-electron chi connectivity index (χ4n) is 4.05. The van der Waals surface area contributed by atoms with Gasteiger partial charge in [0.25, 0.3) is 17.7 Å². The molecule has 202 valence electrons. The summed E-state index contributed by atoms with van der Waals surface area (Å²) < 4.78 is 48.0. The lowest BCUT2D eigenvalue weighted by Gasteiger charge is -2.15. The number of imide groups is 1. The molecule has 3 amide bonds. The Labute approximate surface area is 231 Å². The van der Waals surface area contributed by atoms with Crippen molar-refractivity contribution in [3.63, 3.8) is 0 Å². The summed E-state index contributed by atoms with van der Waals surface area (Å²) >= 11 is 6.08. The molecule has 40 heavy (non-hydrogen) atoms. The lowest BCUT2D eigenvalue weighted by molar-refractivity contribution is -0.120. The first kappa shape index (κ1) is 26.8. The van der Waals surface area contributed by atoms with Crippen LogP contribution < -0.4 is 15.5 Å². The first-order chi connectivity index (χ1) is 18.9. The number of nitrogens with one attached hydrogen (secondary N) is 2. The summed E-state index contributed by atoms with van der Waals surface area (Å²) in [5, 5.41) is 15.6. The molecule has 3 N–H and O–H groups in total. The van der Waals surface area contributed by atoms with E-state index in [0.29, 0.717) is 10.6 Å². The van der Waals surface area contributed by atoms with E-state index in [-0.39, 0.29) is 33.4 Å². The maximum atomic E-state index is 14.2. The van der Waals surface area contributed by atoms with Gasteiger partial charge in [-0.2, -0.15) is 0 Å². The van der Waals surface area contributed by atoms with Crippen LogP contribution in [0.4, 0.5) is 21.5 Å². The Morgan fingerprint density at radius 2 is 1.60 bits per heavy atom. The Hall–Kier alpha value is -4.78. The number of amides is 3. The third-order valence-electron chi connectivity index (χ3n) is 5.99. The molecular formula is C27H16ClFN3O7S-. The molecule has 0 saturated carbocycles. The summed E-state index contributed by atoms with van der Waals surface area (Å²) in [6.45, 7) is 0. The summed E-state index contributed by atoms with van der Waals surface area (Å²) in [6, 6.07) is 17.4. The molecule has 0 spiro atoms. The van der Waals surface area contributed by atoms with Crippen LogP contribution in [0.5, 0.6) is 5.75 Å². The molecule has 1 heterocycles. The molecular weight excluding hydrogens is 565 g/mol. The first-order valence-corrected chi connectivity index (χ1v) is 13.2. The molecule has 0 unspecified atom stereocenters. The van der Waals surface area contributed by atoms with Gasteiger partial charge in [-0.3, -0.25) is 14.4 Å². The molecule has 4 aromatic rings. The quantitative estimate of drug-likeness (QED) is 0.225. The van der Waals surface area contributed by atoms with E-state index < -0.39 is 49.3 Å². The molecule has 0 aromatic heterocycles. The molecule has 0 radical (unpaired) electrons. The van der Waals surface area contributed by atoms with E-state index in [1.54, 1.807) is 0 Å². The summed E-state index contributed by atoms with van der Waals surface area (Å²) in [7, 11) is -4.77. The number of benzene rings is 4. The van der Waals surface area contributed by atoms with E-state index in [0.717, 1.165) is 18.2 Å². The van der Waals surface area contributed by atoms with Gasteiger partial charge in [0.15, 0.2) is 0 Å². The molecule has 1 aliphatic heterocycles. The zero-order chi connectivity index (χ0) is 28.8. The predicted molar refractivity (Wildman–Crippen MR) is 143 cm³/mol. The average molecular weight is 581 g/mol. The topological polar surface area (TPSA) is 156 Å². The molecule has 0 bridgehead atoms. The van der Waals surface area contributed by atoms with E-state index >= 15 is 0 Å². The standard InChI is InChI=1S/C27H17ClFN3O7S/c28-23-24(27(36)32(26(23)35)21-4-2-1-3-20(21)29)30-16-8-5-14(6-9-16)25(34)31-17-10-7-15-11-18(40(37,38)39)13-22(33)19(15)12-17/h1-13,30,33H,(H,31,34)(H,37,38,39)/p-1. The third-order valence-corrected chi connectivity index (χ3v) is 7.15. The molecule has 13 heteroatoms. The Balaban J connectivity index is 1.31. The molecule has 0 saturated heterocycles. The van der Waals surface area contributed by atoms with Gasteiger partial charge < -0.3 is 20.3 Å². The van der Waals surface area contributed by atoms with Gasteiger partial charge in [-0.15, -0.1) is 0 Å². The number of phenols is 1. The number of nitrogens with zero attached hydrogens (tertiary/aromatic N) is 1. The van der Waals surface area contributed by atoms with Gasteiger partial charge in [0.1, 0.15) is 32.4 Å². The summed E-state index contributed by atoms with van der Waals surface area (Å²) in [6.07, 6.45) is 0. The fraction of sp³-hybridized carbons (Fsp3) is 0. The van der Waals surface area contributed by atoms with Crippen molar-refractivity contribution in [2.45, 2.75) is 4.90 Å². The molecule has 0 fully saturated rings. The van der Waals surface area contributed by atoms with Crippen LogP contribution in [0, 0.1) is 5.82 Å². The lowest BCUT2D eigenvalue weighted by Crippen LogP contribution is -2.33. The van der Waals surface area contributed by atoms with Crippen molar-refractivity contribution >= 4 is 67.3 Å². The Morgan fingerprint density at radius 1 is 0.925 bits per heavy atom. The number of carbonyl (C=O) groups excluding carboxylic acids is 3. The number of rotatable bonds is 6. The summed E-state index contributed by atoms with van der Waals surface area (Å²) in [5.74, 6) is -3.48. The third kappa shape index (κ3) is 4.98. The number of hydrogen-bond acceptors (Lipinski definition) is 8. The number of para-hydroxylation sites is 1. The fourth-order valence-corrected chi connectivity index (χ4v) is 4.79. The number of carbonyl (C=O) groups is 3. The predicted octanol–water partition coefficient (Wildman–Crippen LogP) is 4.28. The Kier molecular flexibility index (Phi) is 6.75. The van der Waals surface area contributed by atoms with Crippen molar-refractivity contribution in [1.82, 2.24) is 0 Å². The van der Waals surface area contributed by atoms with Crippen LogP contribution >= 0.6 is 11.6 Å². The van der Waals surface area contributed by atoms with Crippen molar-refractivity contribution in [2.75, 3.05) is 15.5 Å². The minimum absolute atomic E-state index is 0.213. The summed E-state index contributed by atoms with van der Waals surface area (Å²) in [5.41, 5.74) is 0.326. The van der Waals surface area contributed by atoms with Crippen molar-refractivity contribution < 1.29 is 36.9 Å². The van der Waals surface area contributed by atoms with Gasteiger partial charge >= 0.3 is 0 Å². The highest BCUT2D eigenvalue weighted by atomic mass is 35.5. The number of anilines is 3. The van der Waals surface area contributed by atoms with Gasteiger partial charge in [-0.1, -0.05) is 29.8 Å². The molecule has 1 aliphatic rings. The van der Waals surface area contributed by atoms with E-state index in [2.05, 4.69) is 10.6 Å². The van der Waals surface area contributed by atoms with Crippen LogP contribution in [0.2, 0.25) is 0 Å². The number of aromatic hydroxyl groups is 1. The van der Waals surface area contributed by atoms with Crippen LogP contribution in [0.3, 0.4) is 0 Å². The normalized spacial score (nSPS) is 13.7. The first-order valence-electron chi connectivity index (χ1n) is 11.4. The van der Waals surface area contributed by atoms with E-state index in [1.165, 1.54) is 60.7 Å². The number of fused-ring (bicyclic) bond motifs is 1. The van der Waals surface area contributed by atoms with Crippen LogP contribution in [-0.2, 0) is 19.7 Å². The number of hydrogen-bond donors (Lipinski definition) is 3. The highest BCUT2D eigenvalue weighted by Gasteiger charge is 2.40. The van der Waals surface area contributed by atoms with E-state index in [1.807, 2.05) is 0 Å². The highest BCUT2D eigenvalue weighted by molar-refractivity contribution is 7.85. The van der Waals surface area contributed by atoms with Crippen LogP contribution in [0.25, 0.3) is 10.8 Å². The summed E-state index contributed by atoms with van der Waals surface area (Å²) in [4.78, 5) is 38.2. The molecule has 0 aliphatic carbocycles. The Morgan fingerprint density at radius 3 is 2.27 bits per heavy atom. The maximum Gasteiger partial charge on any atom is 0.283 e. The smallest absolute Gasteiger partial charge is 0.283 e. The monoisotopic (exact) mass is 580 g/mol. The van der Waals surface area contributed by atoms with Crippen molar-refractivity contribution in [1.29, 1.82) is 0 Å². The average Bonchev–Trinajstić information content (AvgIpc) is 3.12. The van der Waals surface area contributed by atoms with Crippen LogP contribution in [-0.4, -0.2) is 35.8 Å². The van der Waals surface area contributed by atoms with Gasteiger partial charge in [0.2, 0.25) is 0 Å². The number of halogens is 2. The molecule has 0 atom stereocenters. The largest absolute Gasteiger partial charge is 0.744 e. The van der Waals surface area contributed by atoms with Gasteiger partial charge in [0.05, 0.1) is 10.6 Å². The second-order valence-electron chi connectivity index (χ2n) is 8.58. The molecule has 5 rings (SSSR count). The van der Waals surface area contributed by atoms with Crippen molar-refractivity contribution in [3.8, 4) is 5.75 Å². The minimum atomic E-state index is -4.77. The Bertz CT molecular complexity index is 1880. The molecule has 4 aromatic carbocycles. The van der Waals surface area contributed by atoms with Gasteiger partial charge in [0, 0.05) is 22.3 Å². The van der Waals surface area contributed by atoms with E-state index in [4.69, 9.17) is 11.6 Å². The van der Waals surface area contributed by atoms with E-state index in [9.17, 15) is 36.9 Å². The van der Waals surface area contributed by atoms with Crippen LogP contribution in [0.1, 0.15) is 10.4 Å². The van der Waals surface area contributed by atoms with Gasteiger partial charge in [-0.25, -0.2) is 17.7 Å². The van der Waals surface area contributed by atoms with Crippen molar-refractivity contribution in [2.24, 2.45) is 0 Å². The van der Waals surface area contributed by atoms with Crippen LogP contribution in [0.15, 0.2) is 94.5 Å². The second-order valence-corrected chi connectivity index (χ2v) is 10.3. The number of phenolic OH excluding ortho intramolecular Hbond substituents is 1. The maximum absolute atomic E-state index is 14.2.